The van der Waals surface area contributed by atoms with Crippen molar-refractivity contribution in [3.05, 3.63) is 0 Å². The van der Waals surface area contributed by atoms with Crippen LogP contribution in [0.15, 0.2) is 0 Å². The van der Waals surface area contributed by atoms with Crippen LogP contribution in [0.4, 0.5) is 0 Å². The molecule has 0 amide bonds. The van der Waals surface area contributed by atoms with Crippen LogP contribution < -0.4 is 5.32 Å². The summed E-state index contributed by atoms with van der Waals surface area (Å²) in [6.45, 7) is 9.27. The van der Waals surface area contributed by atoms with Gasteiger partial charge in [0.2, 0.25) is 0 Å². The molecule has 2 fully saturated rings. The molecule has 112 valence electrons. The Morgan fingerprint density at radius 1 is 1.21 bits per heavy atom. The van der Waals surface area contributed by atoms with Crippen LogP contribution in [0.3, 0.4) is 0 Å². The van der Waals surface area contributed by atoms with E-state index in [0.717, 1.165) is 51.9 Å². The minimum absolute atomic E-state index is 0.194. The average Bonchev–Trinajstić information content (AvgIpc) is 2.47. The maximum Gasteiger partial charge on any atom is 0.0793 e. The van der Waals surface area contributed by atoms with Gasteiger partial charge >= 0.3 is 0 Å². The van der Waals surface area contributed by atoms with Crippen LogP contribution in [-0.4, -0.2) is 72.9 Å². The summed E-state index contributed by atoms with van der Waals surface area (Å²) < 4.78 is 0. The van der Waals surface area contributed by atoms with E-state index in [1.54, 1.807) is 0 Å². The van der Waals surface area contributed by atoms with E-state index in [2.05, 4.69) is 22.0 Å². The van der Waals surface area contributed by atoms with Crippen LogP contribution in [0.2, 0.25) is 0 Å². The number of nitrogens with zero attached hydrogens (tertiary/aromatic N) is 2. The van der Waals surface area contributed by atoms with E-state index in [-0.39, 0.29) is 6.10 Å². The summed E-state index contributed by atoms with van der Waals surface area (Å²) in [5.74, 6) is 0. The fourth-order valence-electron chi connectivity index (χ4n) is 3.50. The van der Waals surface area contributed by atoms with Crippen molar-refractivity contribution < 1.29 is 5.11 Å². The lowest BCUT2D eigenvalue weighted by molar-refractivity contribution is 0.0483. The topological polar surface area (TPSA) is 38.7 Å². The minimum atomic E-state index is -0.194. The molecule has 0 spiro atoms. The molecule has 4 heteroatoms. The van der Waals surface area contributed by atoms with Gasteiger partial charge in [-0.3, -0.25) is 9.80 Å². The Labute approximate surface area is 118 Å². The lowest BCUT2D eigenvalue weighted by atomic mass is 9.94. The Hall–Kier alpha value is -0.160. The van der Waals surface area contributed by atoms with E-state index < -0.39 is 0 Å². The number of likely N-dealkylation sites (N-methyl/N-ethyl adjacent to an activating group) is 1. The first kappa shape index (κ1) is 15.2. The van der Waals surface area contributed by atoms with E-state index >= 15 is 0 Å². The summed E-state index contributed by atoms with van der Waals surface area (Å²) in [5.41, 5.74) is 0. The minimum Gasteiger partial charge on any atom is -0.390 e. The molecule has 4 nitrogen and oxygen atoms in total. The molecule has 1 unspecified atom stereocenters. The fraction of sp³-hybridized carbons (Fsp3) is 1.00. The van der Waals surface area contributed by atoms with Gasteiger partial charge in [0.05, 0.1) is 6.10 Å². The van der Waals surface area contributed by atoms with Crippen molar-refractivity contribution in [3.8, 4) is 0 Å². The highest BCUT2D eigenvalue weighted by Gasteiger charge is 2.23. The quantitative estimate of drug-likeness (QED) is 0.752. The molecular formula is C15H31N3O. The van der Waals surface area contributed by atoms with Crippen LogP contribution in [0.1, 0.15) is 39.0 Å². The Bertz CT molecular complexity index is 238. The molecule has 0 aromatic carbocycles. The van der Waals surface area contributed by atoms with Crippen molar-refractivity contribution in [2.45, 2.75) is 51.2 Å². The van der Waals surface area contributed by atoms with Crippen molar-refractivity contribution >= 4 is 0 Å². The summed E-state index contributed by atoms with van der Waals surface area (Å²) in [6, 6.07) is 0.719. The van der Waals surface area contributed by atoms with Crippen LogP contribution in [0.5, 0.6) is 0 Å². The number of aliphatic hydroxyl groups excluding tert-OH is 1. The number of piperazine rings is 1. The zero-order valence-electron chi connectivity index (χ0n) is 12.5. The third-order valence-corrected chi connectivity index (χ3v) is 4.62. The van der Waals surface area contributed by atoms with E-state index in [0.29, 0.717) is 0 Å². The monoisotopic (exact) mass is 269 g/mol. The summed E-state index contributed by atoms with van der Waals surface area (Å²) in [6.07, 6.45) is 6.60. The Balaban J connectivity index is 1.73. The van der Waals surface area contributed by atoms with Crippen molar-refractivity contribution in [2.75, 3.05) is 45.8 Å². The third-order valence-electron chi connectivity index (χ3n) is 4.62. The molecule has 1 heterocycles. The number of hydrogen-bond acceptors (Lipinski definition) is 4. The van der Waals surface area contributed by atoms with Gasteiger partial charge in [0.15, 0.2) is 0 Å². The van der Waals surface area contributed by atoms with Gasteiger partial charge in [0.25, 0.3) is 0 Å². The smallest absolute Gasteiger partial charge is 0.0793 e. The van der Waals surface area contributed by atoms with Crippen LogP contribution in [0, 0.1) is 0 Å². The number of rotatable bonds is 6. The molecule has 2 aliphatic rings. The highest BCUT2D eigenvalue weighted by Crippen LogP contribution is 2.22. The third kappa shape index (κ3) is 5.03. The molecule has 1 saturated carbocycles. The maximum atomic E-state index is 10.3. The first-order valence-corrected chi connectivity index (χ1v) is 8.14. The number of β-amino-alcohol motifs (C(OH)–C–C–N with tert-alkyl or cyclic N) is 1. The van der Waals surface area contributed by atoms with E-state index in [1.807, 2.05) is 0 Å². The lowest BCUT2D eigenvalue weighted by Crippen LogP contribution is -2.49. The second-order valence-corrected chi connectivity index (χ2v) is 6.08. The summed E-state index contributed by atoms with van der Waals surface area (Å²) >= 11 is 0. The largest absolute Gasteiger partial charge is 0.390 e. The van der Waals surface area contributed by atoms with Gasteiger partial charge in [0, 0.05) is 45.3 Å². The molecule has 1 atom stereocenters. The molecule has 1 saturated heterocycles. The van der Waals surface area contributed by atoms with E-state index in [4.69, 9.17) is 0 Å². The van der Waals surface area contributed by atoms with Crippen LogP contribution in [-0.2, 0) is 0 Å². The molecule has 0 radical (unpaired) electrons. The van der Waals surface area contributed by atoms with Gasteiger partial charge in [-0.05, 0) is 19.4 Å². The van der Waals surface area contributed by atoms with Gasteiger partial charge in [-0.1, -0.05) is 26.2 Å². The molecule has 2 N–H and O–H groups in total. The molecule has 0 aromatic heterocycles. The van der Waals surface area contributed by atoms with Crippen LogP contribution >= 0.6 is 0 Å². The lowest BCUT2D eigenvalue weighted by Gasteiger charge is -2.36. The van der Waals surface area contributed by atoms with E-state index in [9.17, 15) is 5.11 Å². The van der Waals surface area contributed by atoms with Crippen molar-refractivity contribution in [2.24, 2.45) is 0 Å². The van der Waals surface area contributed by atoms with Crippen LogP contribution in [0.25, 0.3) is 0 Å². The van der Waals surface area contributed by atoms with Gasteiger partial charge in [-0.25, -0.2) is 0 Å². The van der Waals surface area contributed by atoms with Crippen molar-refractivity contribution in [3.63, 3.8) is 0 Å². The second kappa shape index (κ2) is 8.20. The molecule has 19 heavy (non-hydrogen) atoms. The van der Waals surface area contributed by atoms with Gasteiger partial charge in [-0.15, -0.1) is 0 Å². The molecular weight excluding hydrogens is 238 g/mol. The van der Waals surface area contributed by atoms with Gasteiger partial charge in [0.1, 0.15) is 0 Å². The van der Waals surface area contributed by atoms with Crippen molar-refractivity contribution in [1.29, 1.82) is 0 Å². The number of nitrogens with one attached hydrogen (secondary N) is 1. The Kier molecular flexibility index (Phi) is 6.57. The predicted molar refractivity (Wildman–Crippen MR) is 79.4 cm³/mol. The molecule has 1 aliphatic carbocycles. The molecule has 0 aromatic rings. The number of hydrogen-bond donors (Lipinski definition) is 2. The average molecular weight is 269 g/mol. The zero-order chi connectivity index (χ0) is 13.5. The molecule has 1 aliphatic heterocycles. The standard InChI is InChI=1S/C15H31N3O/c1-2-18(14-6-4-3-5-7-14)13-15(19)12-17-10-8-16-9-11-17/h14-16,19H,2-13H2,1H3. The van der Waals surface area contributed by atoms with E-state index in [1.165, 1.54) is 32.1 Å². The first-order chi connectivity index (χ1) is 9.29. The normalized spacial score (nSPS) is 24.8. The number of aliphatic hydroxyl groups is 1. The highest BCUT2D eigenvalue weighted by molar-refractivity contribution is 4.79. The maximum absolute atomic E-state index is 10.3. The molecule has 0 bridgehead atoms. The first-order valence-electron chi connectivity index (χ1n) is 8.14. The predicted octanol–water partition coefficient (Wildman–Crippen LogP) is 0.907. The fourth-order valence-corrected chi connectivity index (χ4v) is 3.50. The van der Waals surface area contributed by atoms with Crippen molar-refractivity contribution in [1.82, 2.24) is 15.1 Å². The molecule has 2 rings (SSSR count). The van der Waals surface area contributed by atoms with Gasteiger partial charge < -0.3 is 10.4 Å². The Morgan fingerprint density at radius 3 is 2.53 bits per heavy atom. The summed E-state index contributed by atoms with van der Waals surface area (Å²) in [4.78, 5) is 4.89. The summed E-state index contributed by atoms with van der Waals surface area (Å²) in [7, 11) is 0. The second-order valence-electron chi connectivity index (χ2n) is 6.08. The summed E-state index contributed by atoms with van der Waals surface area (Å²) in [5, 5.41) is 13.7. The van der Waals surface area contributed by atoms with Gasteiger partial charge in [-0.2, -0.15) is 0 Å². The Morgan fingerprint density at radius 2 is 1.89 bits per heavy atom. The SMILES string of the molecule is CCN(CC(O)CN1CCNCC1)C1CCCCC1. The highest BCUT2D eigenvalue weighted by atomic mass is 16.3. The zero-order valence-corrected chi connectivity index (χ0v) is 12.5.